The summed E-state index contributed by atoms with van der Waals surface area (Å²) in [6.07, 6.45) is -4.18. The van der Waals surface area contributed by atoms with E-state index in [1.165, 1.54) is 0 Å². The van der Waals surface area contributed by atoms with Crippen LogP contribution in [-0.4, -0.2) is 36.4 Å². The molecule has 0 spiro atoms. The number of hydrogen-bond donors (Lipinski definition) is 2. The van der Waals surface area contributed by atoms with Crippen molar-refractivity contribution in [2.24, 2.45) is 16.5 Å². The highest BCUT2D eigenvalue weighted by Gasteiger charge is 2.23. The van der Waals surface area contributed by atoms with Crippen LogP contribution in [0.4, 0.5) is 18.9 Å². The molecule has 3 aromatic rings. The molecule has 0 radical (unpaired) electrons. The van der Waals surface area contributed by atoms with Crippen molar-refractivity contribution in [3.05, 3.63) is 77.5 Å². The molecule has 0 unspecified atom stereocenters. The predicted molar refractivity (Wildman–Crippen MR) is 117 cm³/mol. The van der Waals surface area contributed by atoms with Crippen LogP contribution >= 0.6 is 11.8 Å². The van der Waals surface area contributed by atoms with Crippen LogP contribution in [0.1, 0.15) is 21.6 Å². The Kier molecular flexibility index (Phi) is 7.16. The topological polar surface area (TPSA) is 104 Å². The van der Waals surface area contributed by atoms with Gasteiger partial charge in [-0.15, -0.1) is 0 Å². The molecule has 10 heteroatoms. The van der Waals surface area contributed by atoms with Crippen molar-refractivity contribution in [2.45, 2.75) is 16.0 Å². The number of nitrogens with two attached hydrogens (primary N) is 2. The normalized spacial score (nSPS) is 12.3. The third kappa shape index (κ3) is 5.65. The smallest absolute Gasteiger partial charge is 0.400 e. The summed E-state index contributed by atoms with van der Waals surface area (Å²) in [5, 5.41) is 0. The standard InChI is InChI=1S/C20H15N3O2S.C2H4F3N/c1-25-18-8-4-6-14(22-18)19-13-5-2-3-7-16(13)26-17-10-9-12(20(21)24)11-15(17)23-19;3-2(4,5)1-6/h2-11H,1H3,(H2,21,24);1,6H2. The molecule has 4 N–H and O–H groups in total. The monoisotopic (exact) mass is 460 g/mol. The van der Waals surface area contributed by atoms with Crippen molar-refractivity contribution >= 4 is 29.1 Å². The number of carbonyl (C=O) groups excluding carboxylic acids is 1. The van der Waals surface area contributed by atoms with Gasteiger partial charge in [0.1, 0.15) is 0 Å². The number of methoxy groups -OCH3 is 1. The summed E-state index contributed by atoms with van der Waals surface area (Å²) in [4.78, 5) is 23.0. The Balaban J connectivity index is 0.000000427. The summed E-state index contributed by atoms with van der Waals surface area (Å²) in [5.41, 5.74) is 13.1. The van der Waals surface area contributed by atoms with E-state index in [0.717, 1.165) is 21.1 Å². The van der Waals surface area contributed by atoms with E-state index in [9.17, 15) is 18.0 Å². The number of ether oxygens (including phenoxy) is 1. The number of aromatic nitrogens is 1. The first-order valence-electron chi connectivity index (χ1n) is 9.30. The Hall–Kier alpha value is -3.37. The summed E-state index contributed by atoms with van der Waals surface area (Å²) < 4.78 is 37.2. The van der Waals surface area contributed by atoms with Crippen LogP contribution < -0.4 is 16.2 Å². The third-order valence-electron chi connectivity index (χ3n) is 4.24. The predicted octanol–water partition coefficient (Wildman–Crippen LogP) is 4.33. The lowest BCUT2D eigenvalue weighted by Gasteiger charge is -2.09. The molecule has 0 atom stereocenters. The van der Waals surface area contributed by atoms with Gasteiger partial charge in [0.2, 0.25) is 11.8 Å². The van der Waals surface area contributed by atoms with Gasteiger partial charge in [-0.2, -0.15) is 13.2 Å². The average molecular weight is 460 g/mol. The van der Waals surface area contributed by atoms with E-state index in [1.54, 1.807) is 37.1 Å². The first kappa shape index (κ1) is 23.3. The van der Waals surface area contributed by atoms with E-state index in [4.69, 9.17) is 15.5 Å². The number of amides is 1. The van der Waals surface area contributed by atoms with Crippen LogP contribution in [0.25, 0.3) is 0 Å². The zero-order valence-corrected chi connectivity index (χ0v) is 17.7. The molecule has 2 heterocycles. The summed E-state index contributed by atoms with van der Waals surface area (Å²) in [6.45, 7) is -1.23. The quantitative estimate of drug-likeness (QED) is 0.474. The molecule has 0 fully saturated rings. The third-order valence-corrected chi connectivity index (χ3v) is 5.39. The fourth-order valence-corrected chi connectivity index (χ4v) is 3.75. The molecular formula is C22H19F3N4O2S. The fraction of sp³-hybridized carbons (Fsp3) is 0.136. The SMILES string of the molecule is COc1cccc(C2=Nc3cc(C(N)=O)ccc3Sc3ccccc32)n1.NCC(F)(F)F. The average Bonchev–Trinajstić information content (AvgIpc) is 2.95. The molecule has 1 aliphatic heterocycles. The van der Waals surface area contributed by atoms with E-state index >= 15 is 0 Å². The summed E-state index contributed by atoms with van der Waals surface area (Å²) in [6, 6.07) is 18.9. The van der Waals surface area contributed by atoms with Gasteiger partial charge in [0.05, 0.1) is 30.7 Å². The summed E-state index contributed by atoms with van der Waals surface area (Å²) in [7, 11) is 1.58. The van der Waals surface area contributed by atoms with Crippen LogP contribution in [0.15, 0.2) is 75.4 Å². The number of fused-ring (bicyclic) bond motifs is 2. The second kappa shape index (κ2) is 9.84. The molecule has 0 saturated carbocycles. The molecular weight excluding hydrogens is 441 g/mol. The van der Waals surface area contributed by atoms with Crippen molar-refractivity contribution in [2.75, 3.05) is 13.7 Å². The zero-order chi connectivity index (χ0) is 23.3. The second-order valence-electron chi connectivity index (χ2n) is 6.49. The van der Waals surface area contributed by atoms with Gasteiger partial charge in [-0.05, 0) is 30.3 Å². The Labute approximate surface area is 186 Å². The number of carbonyl (C=O) groups is 1. The molecule has 0 aliphatic carbocycles. The molecule has 32 heavy (non-hydrogen) atoms. The highest BCUT2D eigenvalue weighted by Crippen LogP contribution is 2.41. The van der Waals surface area contributed by atoms with E-state index in [2.05, 4.69) is 10.7 Å². The number of aliphatic imine (C=N–C) groups is 1. The van der Waals surface area contributed by atoms with Crippen LogP contribution in [0.5, 0.6) is 5.88 Å². The lowest BCUT2D eigenvalue weighted by Crippen LogP contribution is -2.21. The van der Waals surface area contributed by atoms with Gasteiger partial charge in [-0.25, -0.2) is 9.98 Å². The minimum absolute atomic E-state index is 0.428. The number of primary amides is 1. The number of benzene rings is 2. The Morgan fingerprint density at radius 1 is 1.06 bits per heavy atom. The maximum absolute atomic E-state index is 11.6. The van der Waals surface area contributed by atoms with Gasteiger partial charge >= 0.3 is 6.18 Å². The van der Waals surface area contributed by atoms with E-state index in [1.807, 2.05) is 42.5 Å². The highest BCUT2D eigenvalue weighted by atomic mass is 32.2. The van der Waals surface area contributed by atoms with Gasteiger partial charge in [-0.1, -0.05) is 36.0 Å². The molecule has 0 bridgehead atoms. The lowest BCUT2D eigenvalue weighted by molar-refractivity contribution is -0.118. The number of alkyl halides is 3. The van der Waals surface area contributed by atoms with Crippen molar-refractivity contribution < 1.29 is 22.7 Å². The largest absolute Gasteiger partial charge is 0.481 e. The minimum Gasteiger partial charge on any atom is -0.481 e. The van der Waals surface area contributed by atoms with Crippen LogP contribution in [0, 0.1) is 0 Å². The van der Waals surface area contributed by atoms with Gasteiger partial charge in [-0.3, -0.25) is 4.79 Å². The van der Waals surface area contributed by atoms with Crippen LogP contribution in [-0.2, 0) is 0 Å². The van der Waals surface area contributed by atoms with Crippen molar-refractivity contribution in [1.29, 1.82) is 0 Å². The highest BCUT2D eigenvalue weighted by molar-refractivity contribution is 7.99. The summed E-state index contributed by atoms with van der Waals surface area (Å²) >= 11 is 1.61. The number of halogens is 3. The molecule has 166 valence electrons. The van der Waals surface area contributed by atoms with E-state index < -0.39 is 18.6 Å². The first-order chi connectivity index (χ1) is 15.2. The Morgan fingerprint density at radius 2 is 1.78 bits per heavy atom. The fourth-order valence-electron chi connectivity index (χ4n) is 2.75. The molecule has 2 aromatic carbocycles. The Morgan fingerprint density at radius 3 is 2.44 bits per heavy atom. The van der Waals surface area contributed by atoms with Gasteiger partial charge in [0, 0.05) is 27.0 Å². The van der Waals surface area contributed by atoms with Crippen molar-refractivity contribution in [1.82, 2.24) is 4.98 Å². The first-order valence-corrected chi connectivity index (χ1v) is 10.1. The van der Waals surface area contributed by atoms with Crippen LogP contribution in [0.2, 0.25) is 0 Å². The van der Waals surface area contributed by atoms with Gasteiger partial charge in [0.15, 0.2) is 0 Å². The molecule has 6 nitrogen and oxygen atoms in total. The maximum Gasteiger partial charge on any atom is 0.400 e. The number of hydrogen-bond acceptors (Lipinski definition) is 6. The van der Waals surface area contributed by atoms with Gasteiger partial charge < -0.3 is 16.2 Å². The van der Waals surface area contributed by atoms with Crippen LogP contribution in [0.3, 0.4) is 0 Å². The molecule has 0 saturated heterocycles. The molecule has 1 aromatic heterocycles. The molecule has 1 aliphatic rings. The van der Waals surface area contributed by atoms with Gasteiger partial charge in [0.25, 0.3) is 0 Å². The van der Waals surface area contributed by atoms with Crippen molar-refractivity contribution in [3.63, 3.8) is 0 Å². The lowest BCUT2D eigenvalue weighted by atomic mass is 10.1. The number of pyridine rings is 1. The van der Waals surface area contributed by atoms with E-state index in [0.29, 0.717) is 22.8 Å². The number of nitrogens with zero attached hydrogens (tertiary/aromatic N) is 2. The van der Waals surface area contributed by atoms with E-state index in [-0.39, 0.29) is 0 Å². The summed E-state index contributed by atoms with van der Waals surface area (Å²) in [5.74, 6) is 0.0431. The van der Waals surface area contributed by atoms with Crippen molar-refractivity contribution in [3.8, 4) is 5.88 Å². The maximum atomic E-state index is 11.6. The molecule has 1 amide bonds. The number of rotatable bonds is 3. The minimum atomic E-state index is -4.18. The second-order valence-corrected chi connectivity index (χ2v) is 7.57. The zero-order valence-electron chi connectivity index (χ0n) is 16.9. The Bertz CT molecular complexity index is 1170. The molecule has 4 rings (SSSR count).